The lowest BCUT2D eigenvalue weighted by Gasteiger charge is -2.00. The van der Waals surface area contributed by atoms with Crippen LogP contribution >= 0.6 is 11.3 Å². The summed E-state index contributed by atoms with van der Waals surface area (Å²) in [5, 5.41) is 14.0. The first-order valence-corrected chi connectivity index (χ1v) is 4.98. The van der Waals surface area contributed by atoms with E-state index in [1.165, 1.54) is 29.8 Å². The van der Waals surface area contributed by atoms with Crippen molar-refractivity contribution >= 4 is 22.4 Å². The number of pyridine rings is 1. The predicted octanol–water partition coefficient (Wildman–Crippen LogP) is 1.50. The van der Waals surface area contributed by atoms with Crippen molar-refractivity contribution in [2.24, 2.45) is 0 Å². The minimum absolute atomic E-state index is 0.0400. The van der Waals surface area contributed by atoms with E-state index in [0.29, 0.717) is 10.7 Å². The van der Waals surface area contributed by atoms with Gasteiger partial charge in [-0.25, -0.2) is 4.98 Å². The molecule has 0 saturated carbocycles. The minimum Gasteiger partial charge on any atom is -0.506 e. The summed E-state index contributed by atoms with van der Waals surface area (Å²) in [5.41, 5.74) is 0.296. The first-order chi connectivity index (χ1) is 7.25. The van der Waals surface area contributed by atoms with E-state index in [1.807, 2.05) is 0 Å². The maximum Gasteiger partial charge on any atom is 0.259 e. The van der Waals surface area contributed by atoms with Gasteiger partial charge in [0.05, 0.1) is 11.8 Å². The topological polar surface area (TPSA) is 75.1 Å². The van der Waals surface area contributed by atoms with Gasteiger partial charge in [-0.05, 0) is 6.07 Å². The van der Waals surface area contributed by atoms with Crippen molar-refractivity contribution in [2.45, 2.75) is 0 Å². The minimum atomic E-state index is -0.339. The quantitative estimate of drug-likeness (QED) is 0.805. The Hall–Kier alpha value is -1.95. The molecule has 5 nitrogen and oxygen atoms in total. The highest BCUT2D eigenvalue weighted by Gasteiger charge is 2.08. The van der Waals surface area contributed by atoms with Crippen molar-refractivity contribution in [3.05, 3.63) is 35.6 Å². The van der Waals surface area contributed by atoms with Gasteiger partial charge in [0.25, 0.3) is 5.91 Å². The zero-order chi connectivity index (χ0) is 10.7. The predicted molar refractivity (Wildman–Crippen MR) is 56.0 cm³/mol. The number of carbonyl (C=O) groups is 1. The van der Waals surface area contributed by atoms with Gasteiger partial charge >= 0.3 is 0 Å². The lowest BCUT2D eigenvalue weighted by Crippen LogP contribution is -2.11. The SMILES string of the molecule is O=C(Nc1nccs1)c1cncc(O)c1. The Kier molecular flexibility index (Phi) is 2.59. The van der Waals surface area contributed by atoms with Gasteiger partial charge in [0.2, 0.25) is 0 Å². The lowest BCUT2D eigenvalue weighted by molar-refractivity contribution is 0.102. The molecule has 2 aromatic rings. The molecule has 0 aromatic carbocycles. The standard InChI is InChI=1S/C9H7N3O2S/c13-7-3-6(4-10-5-7)8(14)12-9-11-1-2-15-9/h1-5,13H,(H,11,12,14). The molecule has 0 atom stereocenters. The van der Waals surface area contributed by atoms with Gasteiger partial charge in [-0.15, -0.1) is 11.3 Å². The van der Waals surface area contributed by atoms with Crippen LogP contribution in [0, 0.1) is 0 Å². The van der Waals surface area contributed by atoms with Gasteiger partial charge in [0, 0.05) is 17.8 Å². The fraction of sp³-hybridized carbons (Fsp3) is 0. The highest BCUT2D eigenvalue weighted by Crippen LogP contribution is 2.13. The molecule has 15 heavy (non-hydrogen) atoms. The average Bonchev–Trinajstić information content (AvgIpc) is 2.70. The number of nitrogens with zero attached hydrogens (tertiary/aromatic N) is 2. The van der Waals surface area contributed by atoms with Crippen LogP contribution in [-0.4, -0.2) is 21.0 Å². The summed E-state index contributed by atoms with van der Waals surface area (Å²) >= 11 is 1.32. The van der Waals surface area contributed by atoms with Crippen molar-refractivity contribution in [2.75, 3.05) is 5.32 Å². The first-order valence-electron chi connectivity index (χ1n) is 4.10. The number of carbonyl (C=O) groups excluding carboxylic acids is 1. The molecular weight excluding hydrogens is 214 g/mol. The van der Waals surface area contributed by atoms with Crippen molar-refractivity contribution < 1.29 is 9.90 Å². The molecule has 0 unspecified atom stereocenters. The zero-order valence-electron chi connectivity index (χ0n) is 7.54. The highest BCUT2D eigenvalue weighted by molar-refractivity contribution is 7.13. The zero-order valence-corrected chi connectivity index (χ0v) is 8.36. The number of hydrogen-bond acceptors (Lipinski definition) is 5. The van der Waals surface area contributed by atoms with Gasteiger partial charge < -0.3 is 5.11 Å². The van der Waals surface area contributed by atoms with Crippen molar-refractivity contribution in [3.63, 3.8) is 0 Å². The summed E-state index contributed by atoms with van der Waals surface area (Å²) in [6.07, 6.45) is 4.24. The van der Waals surface area contributed by atoms with Gasteiger partial charge in [0.1, 0.15) is 5.75 Å². The fourth-order valence-corrected chi connectivity index (χ4v) is 1.53. The average molecular weight is 221 g/mol. The summed E-state index contributed by atoms with van der Waals surface area (Å²) in [6, 6.07) is 1.34. The largest absolute Gasteiger partial charge is 0.506 e. The van der Waals surface area contributed by atoms with E-state index in [1.54, 1.807) is 11.6 Å². The molecular formula is C9H7N3O2S. The monoisotopic (exact) mass is 221 g/mol. The van der Waals surface area contributed by atoms with Crippen LogP contribution in [0.25, 0.3) is 0 Å². The van der Waals surface area contributed by atoms with Gasteiger partial charge in [-0.2, -0.15) is 0 Å². The second-order valence-corrected chi connectivity index (χ2v) is 3.62. The molecule has 1 amide bonds. The number of rotatable bonds is 2. The Morgan fingerprint density at radius 3 is 3.00 bits per heavy atom. The molecule has 0 radical (unpaired) electrons. The summed E-state index contributed by atoms with van der Waals surface area (Å²) in [7, 11) is 0. The van der Waals surface area contributed by atoms with Crippen LogP contribution in [0.2, 0.25) is 0 Å². The number of anilines is 1. The Morgan fingerprint density at radius 2 is 2.33 bits per heavy atom. The molecule has 0 spiro atoms. The van der Waals surface area contributed by atoms with Crippen molar-refractivity contribution in [1.82, 2.24) is 9.97 Å². The van der Waals surface area contributed by atoms with Crippen molar-refractivity contribution in [3.8, 4) is 5.75 Å². The molecule has 0 aliphatic rings. The summed E-state index contributed by atoms with van der Waals surface area (Å²) in [5.74, 6) is -0.380. The Bertz CT molecular complexity index is 470. The summed E-state index contributed by atoms with van der Waals surface area (Å²) in [4.78, 5) is 19.2. The number of nitrogens with one attached hydrogen (secondary N) is 1. The van der Waals surface area contributed by atoms with E-state index in [4.69, 9.17) is 5.11 Å². The maximum absolute atomic E-state index is 11.6. The molecule has 2 rings (SSSR count). The lowest BCUT2D eigenvalue weighted by atomic mass is 10.2. The van der Waals surface area contributed by atoms with E-state index < -0.39 is 0 Å². The van der Waals surface area contributed by atoms with Crippen LogP contribution in [0.3, 0.4) is 0 Å². The Labute approximate surface area is 89.4 Å². The van der Waals surface area contributed by atoms with Crippen LogP contribution in [0.4, 0.5) is 5.13 Å². The van der Waals surface area contributed by atoms with E-state index in [2.05, 4.69) is 15.3 Å². The molecule has 2 heterocycles. The van der Waals surface area contributed by atoms with E-state index in [0.717, 1.165) is 0 Å². The summed E-state index contributed by atoms with van der Waals surface area (Å²) in [6.45, 7) is 0. The van der Waals surface area contributed by atoms with Gasteiger partial charge in [0.15, 0.2) is 5.13 Å². The van der Waals surface area contributed by atoms with E-state index in [-0.39, 0.29) is 11.7 Å². The third-order valence-electron chi connectivity index (χ3n) is 1.64. The molecule has 0 bridgehead atoms. The molecule has 76 valence electrons. The number of amides is 1. The normalized spacial score (nSPS) is 9.87. The number of hydrogen-bond donors (Lipinski definition) is 2. The van der Waals surface area contributed by atoms with Crippen LogP contribution < -0.4 is 5.32 Å². The molecule has 2 N–H and O–H groups in total. The van der Waals surface area contributed by atoms with E-state index >= 15 is 0 Å². The van der Waals surface area contributed by atoms with Crippen molar-refractivity contribution in [1.29, 1.82) is 0 Å². The molecule has 0 aliphatic heterocycles. The molecule has 0 fully saturated rings. The Morgan fingerprint density at radius 1 is 1.47 bits per heavy atom. The van der Waals surface area contributed by atoms with Gasteiger partial charge in [-0.3, -0.25) is 15.1 Å². The third-order valence-corrected chi connectivity index (χ3v) is 2.33. The number of thiazole rings is 1. The first kappa shape index (κ1) is 9.60. The molecule has 0 aliphatic carbocycles. The van der Waals surface area contributed by atoms with E-state index in [9.17, 15) is 4.79 Å². The summed E-state index contributed by atoms with van der Waals surface area (Å²) < 4.78 is 0. The molecule has 0 saturated heterocycles. The Balaban J connectivity index is 2.15. The van der Waals surface area contributed by atoms with Crippen LogP contribution in [0.5, 0.6) is 5.75 Å². The fourth-order valence-electron chi connectivity index (χ4n) is 1.01. The number of aromatic nitrogens is 2. The van der Waals surface area contributed by atoms with Crippen LogP contribution in [0.1, 0.15) is 10.4 Å². The molecule has 2 aromatic heterocycles. The highest BCUT2D eigenvalue weighted by atomic mass is 32.1. The third kappa shape index (κ3) is 2.29. The number of aromatic hydroxyl groups is 1. The molecule has 6 heteroatoms. The van der Waals surface area contributed by atoms with Gasteiger partial charge in [-0.1, -0.05) is 0 Å². The smallest absolute Gasteiger partial charge is 0.259 e. The van der Waals surface area contributed by atoms with Crippen LogP contribution in [-0.2, 0) is 0 Å². The second-order valence-electron chi connectivity index (χ2n) is 2.72. The second kappa shape index (κ2) is 4.05. The van der Waals surface area contributed by atoms with Crippen LogP contribution in [0.15, 0.2) is 30.0 Å². The maximum atomic E-state index is 11.6.